The number of carbonyl (C=O) groups is 2. The molecule has 0 amide bonds. The lowest BCUT2D eigenvalue weighted by molar-refractivity contribution is -0.164. The third-order valence-electron chi connectivity index (χ3n) is 5.88. The lowest BCUT2D eigenvalue weighted by Crippen LogP contribution is -2.54. The zero-order valence-corrected chi connectivity index (χ0v) is 25.0. The van der Waals surface area contributed by atoms with E-state index < -0.39 is 34.3 Å². The standard InChI is InChI=1S/C27H34N2O6S.C2H6/c1-9-34-23(31)20-17(3)19-21(30)29(27(7,8)24(32)35-26(4,5)6)25(33)28(22(19)36-20)15-14-18-12-10-16(2)11-13-18;1-2/h10-13H,9,14-15H2,1-8H3;1-2H3. The van der Waals surface area contributed by atoms with Gasteiger partial charge in [0.25, 0.3) is 5.56 Å². The number of esters is 2. The number of rotatable bonds is 7. The number of hydrogen-bond donors (Lipinski definition) is 0. The minimum absolute atomic E-state index is 0.183. The Bertz CT molecular complexity index is 1420. The molecular weight excluding hydrogens is 504 g/mol. The second-order valence-corrected chi connectivity index (χ2v) is 11.3. The second-order valence-electron chi connectivity index (χ2n) is 10.3. The van der Waals surface area contributed by atoms with E-state index in [1.165, 1.54) is 18.4 Å². The number of aromatic nitrogens is 2. The first kappa shape index (κ1) is 31.0. The second kappa shape index (κ2) is 12.1. The highest BCUT2D eigenvalue weighted by atomic mass is 32.1. The Morgan fingerprint density at radius 2 is 1.55 bits per heavy atom. The summed E-state index contributed by atoms with van der Waals surface area (Å²) in [5, 5.41) is 0.225. The third kappa shape index (κ3) is 6.43. The first-order valence-electron chi connectivity index (χ1n) is 12.9. The van der Waals surface area contributed by atoms with E-state index >= 15 is 0 Å². The van der Waals surface area contributed by atoms with Gasteiger partial charge >= 0.3 is 17.6 Å². The number of hydrogen-bond acceptors (Lipinski definition) is 7. The summed E-state index contributed by atoms with van der Waals surface area (Å²) in [6.07, 6.45) is 0.520. The maximum absolute atomic E-state index is 13.8. The summed E-state index contributed by atoms with van der Waals surface area (Å²) in [4.78, 5) is 54.0. The van der Waals surface area contributed by atoms with Gasteiger partial charge in [-0.15, -0.1) is 11.3 Å². The molecule has 3 aromatic rings. The molecule has 0 atom stereocenters. The maximum Gasteiger partial charge on any atom is 0.348 e. The van der Waals surface area contributed by atoms with Crippen molar-refractivity contribution < 1.29 is 19.1 Å². The van der Waals surface area contributed by atoms with Crippen LogP contribution in [0.4, 0.5) is 0 Å². The zero-order valence-electron chi connectivity index (χ0n) is 24.2. The van der Waals surface area contributed by atoms with Gasteiger partial charge in [-0.2, -0.15) is 0 Å². The molecule has 3 rings (SSSR count). The normalized spacial score (nSPS) is 11.6. The molecule has 0 aliphatic carbocycles. The fourth-order valence-electron chi connectivity index (χ4n) is 3.92. The van der Waals surface area contributed by atoms with E-state index in [-0.39, 0.29) is 23.4 Å². The van der Waals surface area contributed by atoms with Gasteiger partial charge in [0.1, 0.15) is 20.8 Å². The largest absolute Gasteiger partial charge is 0.462 e. The molecule has 38 heavy (non-hydrogen) atoms. The predicted molar refractivity (Wildman–Crippen MR) is 152 cm³/mol. The Balaban J connectivity index is 0.00000247. The molecule has 0 aliphatic heterocycles. The van der Waals surface area contributed by atoms with E-state index in [2.05, 4.69) is 0 Å². The van der Waals surface area contributed by atoms with Crippen LogP contribution in [0.25, 0.3) is 10.2 Å². The third-order valence-corrected chi connectivity index (χ3v) is 7.17. The van der Waals surface area contributed by atoms with E-state index in [4.69, 9.17) is 9.47 Å². The van der Waals surface area contributed by atoms with Crippen LogP contribution >= 0.6 is 11.3 Å². The van der Waals surface area contributed by atoms with Crippen molar-refractivity contribution in [2.45, 2.75) is 93.3 Å². The molecule has 0 bridgehead atoms. The summed E-state index contributed by atoms with van der Waals surface area (Å²) in [7, 11) is 0. The van der Waals surface area contributed by atoms with Gasteiger partial charge in [-0.1, -0.05) is 43.7 Å². The molecule has 1 aromatic carbocycles. The molecule has 0 fully saturated rings. The maximum atomic E-state index is 13.8. The fourth-order valence-corrected chi connectivity index (χ4v) is 5.13. The minimum atomic E-state index is -1.58. The zero-order chi connectivity index (χ0) is 29.0. The van der Waals surface area contributed by atoms with Gasteiger partial charge in [0.2, 0.25) is 0 Å². The van der Waals surface area contributed by atoms with Crippen LogP contribution in [0.15, 0.2) is 33.9 Å². The van der Waals surface area contributed by atoms with Gasteiger partial charge in [0, 0.05) is 6.54 Å². The number of ether oxygens (including phenoxy) is 2. The monoisotopic (exact) mass is 544 g/mol. The molecule has 2 heterocycles. The molecule has 0 N–H and O–H groups in total. The number of thiophene rings is 1. The van der Waals surface area contributed by atoms with Crippen molar-refractivity contribution in [2.75, 3.05) is 6.61 Å². The van der Waals surface area contributed by atoms with Crippen molar-refractivity contribution in [3.05, 3.63) is 66.7 Å². The van der Waals surface area contributed by atoms with Gasteiger partial charge in [0.15, 0.2) is 0 Å². The van der Waals surface area contributed by atoms with Crippen LogP contribution in [0.3, 0.4) is 0 Å². The molecule has 0 aliphatic rings. The molecule has 8 nitrogen and oxygen atoms in total. The number of carbonyl (C=O) groups excluding carboxylic acids is 2. The van der Waals surface area contributed by atoms with Crippen molar-refractivity contribution in [1.82, 2.24) is 9.13 Å². The highest BCUT2D eigenvalue weighted by Gasteiger charge is 2.39. The van der Waals surface area contributed by atoms with Gasteiger partial charge < -0.3 is 9.47 Å². The molecule has 0 unspecified atom stereocenters. The average molecular weight is 545 g/mol. The Morgan fingerprint density at radius 3 is 2.08 bits per heavy atom. The van der Waals surface area contributed by atoms with E-state index in [0.717, 1.165) is 27.0 Å². The summed E-state index contributed by atoms with van der Waals surface area (Å²) in [6, 6.07) is 7.96. The molecule has 9 heteroatoms. The van der Waals surface area contributed by atoms with Crippen molar-refractivity contribution in [2.24, 2.45) is 0 Å². The highest BCUT2D eigenvalue weighted by Crippen LogP contribution is 2.30. The van der Waals surface area contributed by atoms with Crippen LogP contribution in [0.5, 0.6) is 0 Å². The van der Waals surface area contributed by atoms with E-state index in [1.54, 1.807) is 34.6 Å². The molecule has 2 aromatic heterocycles. The first-order valence-corrected chi connectivity index (χ1v) is 13.8. The Kier molecular flexibility index (Phi) is 9.88. The fraction of sp³-hybridized carbons (Fsp3) is 0.517. The van der Waals surface area contributed by atoms with Crippen molar-refractivity contribution in [1.29, 1.82) is 0 Å². The van der Waals surface area contributed by atoms with Crippen LogP contribution < -0.4 is 11.2 Å². The first-order chi connectivity index (χ1) is 17.7. The van der Waals surface area contributed by atoms with Crippen LogP contribution in [-0.2, 0) is 32.8 Å². The highest BCUT2D eigenvalue weighted by molar-refractivity contribution is 7.20. The lowest BCUT2D eigenvalue weighted by Gasteiger charge is -2.30. The van der Waals surface area contributed by atoms with Gasteiger partial charge in [-0.05, 0) is 72.9 Å². The summed E-state index contributed by atoms with van der Waals surface area (Å²) < 4.78 is 13.2. The SMILES string of the molecule is CC.CCOC(=O)c1sc2c(c1C)c(=O)n(C(C)(C)C(=O)OC(C)(C)C)c(=O)n2CCc1ccc(C)cc1. The number of fused-ring (bicyclic) bond motifs is 1. The van der Waals surface area contributed by atoms with Crippen molar-refractivity contribution >= 4 is 33.5 Å². The smallest absolute Gasteiger partial charge is 0.348 e. The topological polar surface area (TPSA) is 96.6 Å². The van der Waals surface area contributed by atoms with Crippen LogP contribution in [-0.4, -0.2) is 33.3 Å². The lowest BCUT2D eigenvalue weighted by atomic mass is 10.0. The molecule has 0 spiro atoms. The van der Waals surface area contributed by atoms with Gasteiger partial charge in [-0.25, -0.2) is 19.0 Å². The molecule has 0 saturated carbocycles. The number of benzene rings is 1. The van der Waals surface area contributed by atoms with Gasteiger partial charge in [0.05, 0.1) is 12.0 Å². The van der Waals surface area contributed by atoms with Crippen molar-refractivity contribution in [3.8, 4) is 0 Å². The Hall–Kier alpha value is -3.20. The van der Waals surface area contributed by atoms with E-state index in [9.17, 15) is 19.2 Å². The average Bonchev–Trinajstić information content (AvgIpc) is 3.17. The van der Waals surface area contributed by atoms with E-state index in [0.29, 0.717) is 16.8 Å². The minimum Gasteiger partial charge on any atom is -0.462 e. The van der Waals surface area contributed by atoms with Gasteiger partial charge in [-0.3, -0.25) is 9.36 Å². The van der Waals surface area contributed by atoms with Crippen LogP contribution in [0.2, 0.25) is 0 Å². The molecular formula is C29H40N2O6S. The summed E-state index contributed by atoms with van der Waals surface area (Å²) in [6.45, 7) is 18.0. The molecule has 208 valence electrons. The molecule has 0 radical (unpaired) electrons. The quantitative estimate of drug-likeness (QED) is 0.371. The van der Waals surface area contributed by atoms with Crippen LogP contribution in [0, 0.1) is 13.8 Å². The summed E-state index contributed by atoms with van der Waals surface area (Å²) in [5.74, 6) is -1.25. The summed E-state index contributed by atoms with van der Waals surface area (Å²) >= 11 is 1.06. The Labute approximate surface area is 228 Å². The predicted octanol–water partition coefficient (Wildman–Crippen LogP) is 5.36. The Morgan fingerprint density at radius 1 is 0.974 bits per heavy atom. The van der Waals surface area contributed by atoms with Crippen molar-refractivity contribution in [3.63, 3.8) is 0 Å². The number of aryl methyl sites for hydroxylation is 4. The summed E-state index contributed by atoms with van der Waals surface area (Å²) in [5.41, 5.74) is -1.09. The van der Waals surface area contributed by atoms with E-state index in [1.807, 2.05) is 45.0 Å². The van der Waals surface area contributed by atoms with Crippen LogP contribution in [0.1, 0.15) is 81.8 Å². The number of nitrogens with zero attached hydrogens (tertiary/aromatic N) is 2. The molecule has 0 saturated heterocycles.